The van der Waals surface area contributed by atoms with Crippen molar-refractivity contribution in [3.05, 3.63) is 18.6 Å². The summed E-state index contributed by atoms with van der Waals surface area (Å²) in [4.78, 5) is 26.6. The van der Waals surface area contributed by atoms with Gasteiger partial charge in [-0.2, -0.15) is 0 Å². The summed E-state index contributed by atoms with van der Waals surface area (Å²) in [5, 5.41) is 4.20. The summed E-state index contributed by atoms with van der Waals surface area (Å²) in [5.41, 5.74) is 0.441. The number of rotatable bonds is 4. The molecule has 5 heterocycles. The number of aromatic nitrogens is 3. The summed E-state index contributed by atoms with van der Waals surface area (Å²) < 4.78 is 21.1. The molecular formula is C29H44N6O4. The van der Waals surface area contributed by atoms with Crippen LogP contribution < -0.4 is 5.32 Å². The lowest BCUT2D eigenvalue weighted by molar-refractivity contribution is -0.161. The van der Waals surface area contributed by atoms with Crippen molar-refractivity contribution in [1.82, 2.24) is 24.3 Å². The summed E-state index contributed by atoms with van der Waals surface area (Å²) in [6, 6.07) is 2.22. The highest BCUT2D eigenvalue weighted by molar-refractivity contribution is 5.87. The zero-order chi connectivity index (χ0) is 27.6. The Morgan fingerprint density at radius 3 is 2.64 bits per heavy atom. The van der Waals surface area contributed by atoms with Crippen molar-refractivity contribution in [2.24, 2.45) is 5.92 Å². The van der Waals surface area contributed by atoms with E-state index in [9.17, 15) is 4.79 Å². The molecule has 4 fully saturated rings. The van der Waals surface area contributed by atoms with Crippen LogP contribution in [0.4, 0.5) is 10.6 Å². The topological polar surface area (TPSA) is 94.0 Å². The number of nitrogens with one attached hydrogen (secondary N) is 1. The molecule has 214 valence electrons. The minimum atomic E-state index is -0.624. The van der Waals surface area contributed by atoms with Gasteiger partial charge in [0.25, 0.3) is 0 Å². The number of ether oxygens (including phenoxy) is 3. The fraction of sp³-hybridized carbons (Fsp3) is 0.759. The molecule has 3 saturated heterocycles. The second-order valence-electron chi connectivity index (χ2n) is 13.3. The van der Waals surface area contributed by atoms with Gasteiger partial charge in [-0.1, -0.05) is 0 Å². The number of carbonyl (C=O) groups is 1. The number of carbonyl (C=O) groups excluding carboxylic acids is 1. The molecule has 10 heteroatoms. The smallest absolute Gasteiger partial charge is 0.410 e. The molecule has 3 aliphatic heterocycles. The SMILES string of the molecule is CNc1ncnc2c1ccn2[C@@H]1C[C@H](CN2CCCC23CCCN(C(=O)OC(C)(C)C)C3)[C@H]2OC(C)(C)O[C@H]21. The maximum absolute atomic E-state index is 13.0. The van der Waals surface area contributed by atoms with Crippen LogP contribution in [0.25, 0.3) is 11.0 Å². The standard InChI is InChI=1S/C29H44N6O4/c1-27(2,3)39-26(36)33-12-7-10-29(17-33)11-8-13-34(29)16-19-15-21(23-22(19)37-28(4,5)38-23)35-14-9-20-24(30-6)31-18-32-25(20)35/h9,14,18-19,21-23H,7-8,10-13,15-17H2,1-6H3,(H,30,31,32)/t19-,21-,22-,23+,29?/m1/s1. The van der Waals surface area contributed by atoms with Crippen molar-refractivity contribution in [3.63, 3.8) is 0 Å². The first-order valence-corrected chi connectivity index (χ1v) is 14.6. The molecular weight excluding hydrogens is 496 g/mol. The Bertz CT molecular complexity index is 1220. The average molecular weight is 541 g/mol. The van der Waals surface area contributed by atoms with Crippen molar-refractivity contribution >= 4 is 22.9 Å². The van der Waals surface area contributed by atoms with Crippen LogP contribution in [-0.2, 0) is 14.2 Å². The highest BCUT2D eigenvalue weighted by Gasteiger charge is 2.56. The van der Waals surface area contributed by atoms with E-state index in [4.69, 9.17) is 14.2 Å². The van der Waals surface area contributed by atoms with Crippen LogP contribution in [0.3, 0.4) is 0 Å². The van der Waals surface area contributed by atoms with E-state index in [1.54, 1.807) is 6.33 Å². The van der Waals surface area contributed by atoms with Gasteiger partial charge in [0.1, 0.15) is 29.5 Å². The molecule has 1 saturated carbocycles. The molecule has 10 nitrogen and oxygen atoms in total. The van der Waals surface area contributed by atoms with E-state index in [2.05, 4.69) is 37.0 Å². The fourth-order valence-corrected chi connectivity index (χ4v) is 7.56. The third-order valence-electron chi connectivity index (χ3n) is 9.06. The van der Waals surface area contributed by atoms with Crippen molar-refractivity contribution in [3.8, 4) is 0 Å². The molecule has 1 aliphatic carbocycles. The van der Waals surface area contributed by atoms with Crippen LogP contribution in [-0.4, -0.2) is 92.8 Å². The van der Waals surface area contributed by atoms with Gasteiger partial charge in [0.05, 0.1) is 17.5 Å². The highest BCUT2D eigenvalue weighted by Crippen LogP contribution is 2.49. The Labute approximate surface area is 231 Å². The molecule has 4 aliphatic rings. The monoisotopic (exact) mass is 540 g/mol. The number of likely N-dealkylation sites (tertiary alicyclic amines) is 2. The number of fused-ring (bicyclic) bond motifs is 2. The van der Waals surface area contributed by atoms with Crippen LogP contribution in [0.5, 0.6) is 0 Å². The molecule has 1 amide bonds. The normalized spacial score (nSPS) is 32.7. The Hall–Kier alpha value is -2.43. The number of anilines is 1. The molecule has 1 spiro atoms. The van der Waals surface area contributed by atoms with Gasteiger partial charge in [-0.05, 0) is 79.3 Å². The van der Waals surface area contributed by atoms with Gasteiger partial charge in [-0.25, -0.2) is 14.8 Å². The lowest BCUT2D eigenvalue weighted by atomic mass is 9.85. The second kappa shape index (κ2) is 9.59. The zero-order valence-electron chi connectivity index (χ0n) is 24.3. The van der Waals surface area contributed by atoms with Gasteiger partial charge < -0.3 is 29.0 Å². The van der Waals surface area contributed by atoms with E-state index < -0.39 is 11.4 Å². The summed E-state index contributed by atoms with van der Waals surface area (Å²) >= 11 is 0. The fourth-order valence-electron chi connectivity index (χ4n) is 7.56. The minimum Gasteiger partial charge on any atom is -0.444 e. The van der Waals surface area contributed by atoms with Gasteiger partial charge >= 0.3 is 6.09 Å². The van der Waals surface area contributed by atoms with E-state index in [0.29, 0.717) is 5.92 Å². The second-order valence-corrected chi connectivity index (χ2v) is 13.3. The number of hydrogen-bond acceptors (Lipinski definition) is 8. The van der Waals surface area contributed by atoms with Crippen LogP contribution in [0.2, 0.25) is 0 Å². The third kappa shape index (κ3) is 4.89. The number of nitrogens with zero attached hydrogens (tertiary/aromatic N) is 5. The summed E-state index contributed by atoms with van der Waals surface area (Å²) in [6.45, 7) is 13.3. The number of piperidine rings is 1. The van der Waals surface area contributed by atoms with E-state index in [1.807, 2.05) is 46.6 Å². The molecule has 6 rings (SSSR count). The summed E-state index contributed by atoms with van der Waals surface area (Å²) in [6.07, 6.45) is 8.87. The van der Waals surface area contributed by atoms with E-state index >= 15 is 0 Å². The quantitative estimate of drug-likeness (QED) is 0.609. The molecule has 2 aromatic heterocycles. The summed E-state index contributed by atoms with van der Waals surface area (Å²) in [5.74, 6) is 0.526. The van der Waals surface area contributed by atoms with Crippen LogP contribution in [0.1, 0.15) is 72.8 Å². The zero-order valence-corrected chi connectivity index (χ0v) is 24.3. The van der Waals surface area contributed by atoms with Crippen molar-refractivity contribution in [1.29, 1.82) is 0 Å². The van der Waals surface area contributed by atoms with Gasteiger partial charge in [0, 0.05) is 44.3 Å². The predicted molar refractivity (Wildman–Crippen MR) is 149 cm³/mol. The van der Waals surface area contributed by atoms with Crippen molar-refractivity contribution in [2.45, 2.75) is 102 Å². The van der Waals surface area contributed by atoms with Gasteiger partial charge in [-0.3, -0.25) is 4.90 Å². The molecule has 39 heavy (non-hydrogen) atoms. The molecule has 0 aromatic carbocycles. The Balaban J connectivity index is 1.24. The third-order valence-corrected chi connectivity index (χ3v) is 9.06. The Kier molecular flexibility index (Phi) is 6.59. The largest absolute Gasteiger partial charge is 0.444 e. The maximum Gasteiger partial charge on any atom is 0.410 e. The van der Waals surface area contributed by atoms with E-state index in [-0.39, 0.29) is 29.9 Å². The average Bonchev–Trinajstić information content (AvgIpc) is 3.61. The summed E-state index contributed by atoms with van der Waals surface area (Å²) in [7, 11) is 1.89. The lowest BCUT2D eigenvalue weighted by Crippen LogP contribution is -2.58. The minimum absolute atomic E-state index is 0.00673. The highest BCUT2D eigenvalue weighted by atomic mass is 16.8. The lowest BCUT2D eigenvalue weighted by Gasteiger charge is -2.47. The number of hydrogen-bond donors (Lipinski definition) is 1. The Morgan fingerprint density at radius 1 is 1.15 bits per heavy atom. The first-order chi connectivity index (χ1) is 18.5. The molecule has 0 bridgehead atoms. The van der Waals surface area contributed by atoms with Crippen molar-refractivity contribution < 1.29 is 19.0 Å². The molecule has 5 atom stereocenters. The first kappa shape index (κ1) is 26.8. The van der Waals surface area contributed by atoms with Gasteiger partial charge in [0.2, 0.25) is 0 Å². The molecule has 2 aromatic rings. The number of amides is 1. The first-order valence-electron chi connectivity index (χ1n) is 14.6. The predicted octanol–water partition coefficient (Wildman–Crippen LogP) is 4.42. The van der Waals surface area contributed by atoms with Crippen LogP contribution in [0, 0.1) is 5.92 Å². The molecule has 1 N–H and O–H groups in total. The van der Waals surface area contributed by atoms with E-state index in [1.165, 1.54) is 0 Å². The maximum atomic E-state index is 13.0. The van der Waals surface area contributed by atoms with Gasteiger partial charge in [0.15, 0.2) is 5.79 Å². The van der Waals surface area contributed by atoms with Crippen molar-refractivity contribution in [2.75, 3.05) is 38.5 Å². The van der Waals surface area contributed by atoms with Crippen LogP contribution in [0.15, 0.2) is 18.6 Å². The molecule has 1 unspecified atom stereocenters. The van der Waals surface area contributed by atoms with E-state index in [0.717, 1.165) is 75.1 Å². The molecule has 0 radical (unpaired) electrons. The van der Waals surface area contributed by atoms with Crippen LogP contribution >= 0.6 is 0 Å². The Morgan fingerprint density at radius 2 is 1.90 bits per heavy atom. The van der Waals surface area contributed by atoms with Gasteiger partial charge in [-0.15, -0.1) is 0 Å².